The van der Waals surface area contributed by atoms with Crippen LogP contribution in [0.2, 0.25) is 0 Å². The second-order valence-electron chi connectivity index (χ2n) is 10.9. The zero-order chi connectivity index (χ0) is 33.3. The van der Waals surface area contributed by atoms with Crippen LogP contribution < -0.4 is 22.1 Å². The zero-order valence-corrected chi connectivity index (χ0v) is 26.1. The first-order valence-corrected chi connectivity index (χ1v) is 16.8. The first-order chi connectivity index (χ1) is 21.2. The minimum absolute atomic E-state index is 0.0106. The number of anilines is 2. The number of hydrogen-bond acceptors (Lipinski definition) is 14. The second kappa shape index (κ2) is 16.1. The number of carbonyl (C=O) groups is 3. The first kappa shape index (κ1) is 35.8. The summed E-state index contributed by atoms with van der Waals surface area (Å²) in [6, 6.07) is -1.17. The molecule has 0 radical (unpaired) electrons. The van der Waals surface area contributed by atoms with Crippen molar-refractivity contribution in [2.75, 3.05) is 49.2 Å². The van der Waals surface area contributed by atoms with E-state index in [2.05, 4.69) is 25.6 Å². The summed E-state index contributed by atoms with van der Waals surface area (Å²) in [5.41, 5.74) is 12.0. The van der Waals surface area contributed by atoms with Gasteiger partial charge >= 0.3 is 5.97 Å². The fraction of sp³-hybridized carbons (Fsp3) is 0.692. The Hall–Kier alpha value is -3.65. The van der Waals surface area contributed by atoms with Gasteiger partial charge in [0.05, 0.1) is 6.33 Å². The number of nitrogens with two attached hydrogens (primary N) is 2. The molecule has 2 aromatic heterocycles. The summed E-state index contributed by atoms with van der Waals surface area (Å²) in [5, 5.41) is 36.3. The van der Waals surface area contributed by atoms with Crippen LogP contribution in [0.5, 0.6) is 0 Å². The lowest BCUT2D eigenvalue weighted by molar-refractivity contribution is -0.149. The van der Waals surface area contributed by atoms with Crippen LogP contribution in [0.4, 0.5) is 11.8 Å². The van der Waals surface area contributed by atoms with Crippen LogP contribution >= 0.6 is 0 Å². The molecule has 19 heteroatoms. The molecule has 9 N–H and O–H groups in total. The molecular formula is C26H43N9O9S. The summed E-state index contributed by atoms with van der Waals surface area (Å²) in [4.78, 5) is 50.3. The quantitative estimate of drug-likeness (QED) is 0.0871. The highest BCUT2D eigenvalue weighted by atomic mass is 32.2. The third kappa shape index (κ3) is 9.92. The van der Waals surface area contributed by atoms with E-state index < -0.39 is 52.3 Å². The van der Waals surface area contributed by atoms with Crippen molar-refractivity contribution in [3.63, 3.8) is 0 Å². The lowest BCUT2D eigenvalue weighted by Crippen LogP contribution is -2.46. The number of hydrogen-bond donors (Lipinski definition) is 7. The third-order valence-electron chi connectivity index (χ3n) is 7.32. The van der Waals surface area contributed by atoms with E-state index in [0.29, 0.717) is 19.3 Å². The first-order valence-electron chi connectivity index (χ1n) is 14.7. The number of fused-ring (bicyclic) bond motifs is 1. The van der Waals surface area contributed by atoms with Gasteiger partial charge in [0.15, 0.2) is 23.8 Å². The number of sulfone groups is 1. The van der Waals surface area contributed by atoms with Crippen molar-refractivity contribution in [1.82, 2.24) is 29.7 Å². The Morgan fingerprint density at radius 2 is 1.84 bits per heavy atom. The number of likely N-dealkylation sites (N-methyl/N-ethyl adjacent to an activating group) is 1. The Kier molecular flexibility index (Phi) is 12.8. The van der Waals surface area contributed by atoms with Crippen LogP contribution in [0.1, 0.15) is 51.7 Å². The van der Waals surface area contributed by atoms with Gasteiger partial charge in [-0.2, -0.15) is 9.97 Å². The van der Waals surface area contributed by atoms with Gasteiger partial charge in [-0.15, -0.1) is 0 Å². The Morgan fingerprint density at radius 1 is 1.13 bits per heavy atom. The number of nitrogen functional groups attached to an aromatic ring is 1. The number of aromatic nitrogens is 4. The van der Waals surface area contributed by atoms with E-state index in [4.69, 9.17) is 21.3 Å². The normalized spacial score (nSPS) is 20.6. The van der Waals surface area contributed by atoms with Crippen molar-refractivity contribution in [1.29, 1.82) is 0 Å². The summed E-state index contributed by atoms with van der Waals surface area (Å²) >= 11 is 0. The van der Waals surface area contributed by atoms with Crippen LogP contribution in [0.25, 0.3) is 11.2 Å². The molecule has 3 heterocycles. The van der Waals surface area contributed by atoms with Gasteiger partial charge in [0.2, 0.25) is 11.9 Å². The standard InChI is InChI=1S/C26H43N9O9S/c1-3-34(12-9-15(27)25(40)41)23(39)20-18(37)19(38)24(44-20)35-14-31-17-21(28)32-26(33-22(17)35)30-11-10-29-16(36)8-6-4-5-7-13-45(2,42)43/h14-15,18-20,24,37-38H,3-13,27H2,1-2H3,(H,29,36)(H,40,41)(H3,28,30,32,33)/t15-,18-,19+,20-,24?/m0/s1. The SMILES string of the molecule is CCN(CC[C@H](N)C(=O)O)C(=O)[C@H]1OC(n2cnc3c(N)nc(NCCNC(=O)CCCCCCS(C)(=O)=O)nc32)[C@H](O)[C@@H]1O. The van der Waals surface area contributed by atoms with Gasteiger partial charge in [-0.05, 0) is 26.2 Å². The summed E-state index contributed by atoms with van der Waals surface area (Å²) in [5.74, 6) is -1.71. The average molecular weight is 658 g/mol. The maximum absolute atomic E-state index is 13.1. The Morgan fingerprint density at radius 3 is 2.51 bits per heavy atom. The number of unbranched alkanes of at least 4 members (excludes halogenated alkanes) is 3. The van der Waals surface area contributed by atoms with Gasteiger partial charge in [-0.3, -0.25) is 19.0 Å². The van der Waals surface area contributed by atoms with Gasteiger partial charge in [0, 0.05) is 44.6 Å². The number of nitrogens with zero attached hydrogens (tertiary/aromatic N) is 5. The predicted octanol–water partition coefficient (Wildman–Crippen LogP) is -1.80. The third-order valence-corrected chi connectivity index (χ3v) is 8.35. The summed E-state index contributed by atoms with van der Waals surface area (Å²) in [6.07, 6.45) is -0.340. The molecule has 252 valence electrons. The predicted molar refractivity (Wildman–Crippen MR) is 162 cm³/mol. The van der Waals surface area contributed by atoms with Gasteiger partial charge in [-0.25, -0.2) is 13.4 Å². The van der Waals surface area contributed by atoms with E-state index in [1.165, 1.54) is 22.1 Å². The molecule has 3 rings (SSSR count). The molecule has 2 aromatic rings. The van der Waals surface area contributed by atoms with Gasteiger partial charge in [0.1, 0.15) is 33.6 Å². The molecule has 2 amide bonds. The van der Waals surface area contributed by atoms with Crippen LogP contribution in [-0.4, -0.2) is 128 Å². The molecule has 0 saturated carbocycles. The lowest BCUT2D eigenvalue weighted by atomic mass is 10.1. The van der Waals surface area contributed by atoms with E-state index in [1.807, 2.05) is 0 Å². The molecule has 5 atom stereocenters. The number of aliphatic carboxylic acids is 1. The van der Waals surface area contributed by atoms with E-state index in [1.54, 1.807) is 6.92 Å². The molecule has 0 bridgehead atoms. The van der Waals surface area contributed by atoms with E-state index in [0.717, 1.165) is 12.8 Å². The lowest BCUT2D eigenvalue weighted by Gasteiger charge is -2.26. The van der Waals surface area contributed by atoms with E-state index in [-0.39, 0.29) is 67.2 Å². The maximum Gasteiger partial charge on any atom is 0.320 e. The summed E-state index contributed by atoms with van der Waals surface area (Å²) in [6.45, 7) is 2.40. The largest absolute Gasteiger partial charge is 0.480 e. The number of carboxylic acids is 1. The van der Waals surface area contributed by atoms with Crippen molar-refractivity contribution >= 4 is 50.6 Å². The number of ether oxygens (including phenoxy) is 1. The number of aliphatic hydroxyl groups excluding tert-OH is 2. The van der Waals surface area contributed by atoms with Crippen molar-refractivity contribution in [2.24, 2.45) is 5.73 Å². The molecule has 18 nitrogen and oxygen atoms in total. The highest BCUT2D eigenvalue weighted by Crippen LogP contribution is 2.33. The Balaban J connectivity index is 1.57. The smallest absolute Gasteiger partial charge is 0.320 e. The van der Waals surface area contributed by atoms with Gasteiger partial charge < -0.3 is 47.1 Å². The molecule has 1 fully saturated rings. The molecule has 0 aliphatic carbocycles. The average Bonchev–Trinajstić information content (AvgIpc) is 3.53. The highest BCUT2D eigenvalue weighted by Gasteiger charge is 2.49. The highest BCUT2D eigenvalue weighted by molar-refractivity contribution is 7.90. The fourth-order valence-electron chi connectivity index (χ4n) is 4.79. The monoisotopic (exact) mass is 657 g/mol. The minimum Gasteiger partial charge on any atom is -0.480 e. The number of amides is 2. The van der Waals surface area contributed by atoms with Crippen molar-refractivity contribution in [3.8, 4) is 0 Å². The zero-order valence-electron chi connectivity index (χ0n) is 25.3. The van der Waals surface area contributed by atoms with Gasteiger partial charge in [0.25, 0.3) is 5.91 Å². The van der Waals surface area contributed by atoms with Crippen molar-refractivity contribution in [2.45, 2.75) is 76.0 Å². The molecule has 0 spiro atoms. The number of imidazole rings is 1. The minimum atomic E-state index is -2.97. The van der Waals surface area contributed by atoms with Crippen LogP contribution in [-0.2, 0) is 29.0 Å². The number of carbonyl (C=O) groups excluding carboxylic acids is 2. The number of rotatable bonds is 18. The second-order valence-corrected chi connectivity index (χ2v) is 13.2. The molecule has 0 aromatic carbocycles. The summed E-state index contributed by atoms with van der Waals surface area (Å²) < 4.78 is 29.5. The molecule has 45 heavy (non-hydrogen) atoms. The molecule has 1 aliphatic heterocycles. The van der Waals surface area contributed by atoms with Crippen LogP contribution in [0, 0.1) is 0 Å². The van der Waals surface area contributed by atoms with Crippen LogP contribution in [0.15, 0.2) is 6.33 Å². The van der Waals surface area contributed by atoms with Crippen molar-refractivity contribution in [3.05, 3.63) is 6.33 Å². The number of carboxylic acid groups (broad SMARTS) is 1. The number of nitrogens with one attached hydrogen (secondary N) is 2. The number of aliphatic hydroxyl groups is 2. The fourth-order valence-corrected chi connectivity index (χ4v) is 5.52. The molecule has 1 saturated heterocycles. The Bertz CT molecular complexity index is 1440. The van der Waals surface area contributed by atoms with Gasteiger partial charge in [-0.1, -0.05) is 12.8 Å². The molecule has 1 unspecified atom stereocenters. The molecular weight excluding hydrogens is 614 g/mol. The Labute approximate surface area is 260 Å². The van der Waals surface area contributed by atoms with E-state index >= 15 is 0 Å². The maximum atomic E-state index is 13.1. The summed E-state index contributed by atoms with van der Waals surface area (Å²) in [7, 11) is -2.97. The van der Waals surface area contributed by atoms with Crippen LogP contribution in [0.3, 0.4) is 0 Å². The van der Waals surface area contributed by atoms with Crippen molar-refractivity contribution < 1.29 is 42.9 Å². The van der Waals surface area contributed by atoms with E-state index in [9.17, 15) is 33.0 Å². The topological polar surface area (TPSA) is 278 Å². The molecule has 1 aliphatic rings.